The van der Waals surface area contributed by atoms with E-state index in [9.17, 15) is 39.8 Å². The molecule has 0 spiro atoms. The molecule has 0 saturated heterocycles. The summed E-state index contributed by atoms with van der Waals surface area (Å²) in [5, 5.41) is 50.4. The summed E-state index contributed by atoms with van der Waals surface area (Å²) in [6, 6.07) is 0. The summed E-state index contributed by atoms with van der Waals surface area (Å²) in [6.45, 7) is 3.92. The van der Waals surface area contributed by atoms with Gasteiger partial charge in [-0.1, -0.05) is 199 Å². The van der Waals surface area contributed by atoms with Gasteiger partial charge in [-0.05, 0) is 109 Å². The normalized spacial score (nSPS) is 21.5. The van der Waals surface area contributed by atoms with Crippen molar-refractivity contribution in [2.24, 2.45) is 0 Å². The Morgan fingerprint density at radius 1 is 0.432 bits per heavy atom. The van der Waals surface area contributed by atoms with Gasteiger partial charge in [0.25, 0.3) is 0 Å². The minimum atomic E-state index is -5.05. The minimum absolute atomic E-state index is 0.118. The quantitative estimate of drug-likeness (QED) is 0.0147. The molecule has 0 heterocycles. The molecule has 1 saturated carbocycles. The molecule has 6 N–H and O–H groups in total. The van der Waals surface area contributed by atoms with Gasteiger partial charge in [-0.2, -0.15) is 0 Å². The zero-order valence-electron chi connectivity index (χ0n) is 45.3. The molecule has 0 aliphatic heterocycles. The predicted molar refractivity (Wildman–Crippen MR) is 303 cm³/mol. The van der Waals surface area contributed by atoms with Gasteiger partial charge in [-0.15, -0.1) is 0 Å². The fourth-order valence-electron chi connectivity index (χ4n) is 7.68. The second-order valence-electron chi connectivity index (χ2n) is 18.7. The Morgan fingerprint density at radius 2 is 0.757 bits per heavy atom. The Kier molecular flexibility index (Phi) is 45.4. The van der Waals surface area contributed by atoms with Crippen molar-refractivity contribution in [2.75, 3.05) is 19.8 Å². The van der Waals surface area contributed by atoms with E-state index in [1.54, 1.807) is 0 Å². The third kappa shape index (κ3) is 39.8. The molecule has 0 aromatic rings. The second-order valence-corrected chi connectivity index (χ2v) is 20.1. The van der Waals surface area contributed by atoms with Crippen LogP contribution < -0.4 is 0 Å². The number of hydrogen-bond donors (Lipinski definition) is 6. The average molecular weight is 1060 g/mol. The molecule has 1 aliphatic rings. The Labute approximate surface area is 447 Å². The van der Waals surface area contributed by atoms with Crippen LogP contribution in [0.1, 0.15) is 181 Å². The first kappa shape index (κ1) is 68.5. The molecule has 6 atom stereocenters. The molecule has 0 radical (unpaired) electrons. The fraction of sp³-hybridized carbons (Fsp3) is 0.623. The minimum Gasteiger partial charge on any atom is -0.457 e. The molecule has 6 unspecified atom stereocenters. The van der Waals surface area contributed by atoms with E-state index < -0.39 is 63.1 Å². The number of unbranched alkanes of at least 4 members (excludes halogenated alkanes) is 12. The SMILES string of the molecule is CC/C=C\C/C=C\C/C=C\C/C=C\C/C=C\C/C=C\C/C=C\CCCCOCC(COP(=O)(O)OC1C(O)C(O)C(O)C(O)C1O)OC(=O)CCCCCCCCCCCC/C=C\C/C=C\C/C=C\C/C=C\CC. The summed E-state index contributed by atoms with van der Waals surface area (Å²) < 4.78 is 34.3. The molecular weight excluding hydrogens is 956 g/mol. The number of carbonyl (C=O) groups is 1. The molecule has 13 heteroatoms. The first-order valence-electron chi connectivity index (χ1n) is 28.0. The fourth-order valence-corrected chi connectivity index (χ4v) is 8.65. The summed E-state index contributed by atoms with van der Waals surface area (Å²) in [6.07, 6.45) is 60.9. The lowest BCUT2D eigenvalue weighted by atomic mass is 9.85. The average Bonchev–Trinajstić information content (AvgIpc) is 3.39. The van der Waals surface area contributed by atoms with Crippen molar-refractivity contribution < 1.29 is 58.3 Å². The highest BCUT2D eigenvalue weighted by atomic mass is 31.2. The van der Waals surface area contributed by atoms with Gasteiger partial charge in [0.05, 0.1) is 13.2 Å². The van der Waals surface area contributed by atoms with Crippen molar-refractivity contribution in [3.63, 3.8) is 0 Å². The zero-order valence-corrected chi connectivity index (χ0v) is 46.2. The van der Waals surface area contributed by atoms with Crippen LogP contribution >= 0.6 is 7.82 Å². The van der Waals surface area contributed by atoms with Crippen molar-refractivity contribution in [1.82, 2.24) is 0 Å². The maximum Gasteiger partial charge on any atom is 0.472 e. The van der Waals surface area contributed by atoms with E-state index in [1.807, 2.05) is 0 Å². The van der Waals surface area contributed by atoms with E-state index >= 15 is 0 Å². The summed E-state index contributed by atoms with van der Waals surface area (Å²) in [5.41, 5.74) is 0. The Morgan fingerprint density at radius 3 is 1.15 bits per heavy atom. The van der Waals surface area contributed by atoms with Gasteiger partial charge in [-0.25, -0.2) is 4.57 Å². The third-order valence-electron chi connectivity index (χ3n) is 12.0. The number of aliphatic hydroxyl groups excluding tert-OH is 5. The number of ether oxygens (including phenoxy) is 2. The molecule has 0 amide bonds. The maximum atomic E-state index is 12.9. The Balaban J connectivity index is 2.36. The van der Waals surface area contributed by atoms with Gasteiger partial charge in [0, 0.05) is 13.0 Å². The zero-order chi connectivity index (χ0) is 54.0. The van der Waals surface area contributed by atoms with Crippen LogP contribution in [-0.4, -0.2) is 98.9 Å². The Hall–Kier alpha value is -3.52. The van der Waals surface area contributed by atoms with Crippen molar-refractivity contribution in [3.8, 4) is 0 Å². The number of phosphoric acid groups is 1. The largest absolute Gasteiger partial charge is 0.472 e. The molecule has 420 valence electrons. The van der Waals surface area contributed by atoms with Crippen LogP contribution in [0.5, 0.6) is 0 Å². The van der Waals surface area contributed by atoms with Crippen LogP contribution in [0.15, 0.2) is 134 Å². The van der Waals surface area contributed by atoms with Crippen LogP contribution in [-0.2, 0) is 27.9 Å². The van der Waals surface area contributed by atoms with Gasteiger partial charge in [0.15, 0.2) is 0 Å². The van der Waals surface area contributed by atoms with Crippen LogP contribution in [0.3, 0.4) is 0 Å². The Bertz CT molecular complexity index is 1730. The summed E-state index contributed by atoms with van der Waals surface area (Å²) in [4.78, 5) is 23.3. The number of rotatable bonds is 46. The predicted octanol–water partition coefficient (Wildman–Crippen LogP) is 13.5. The van der Waals surface area contributed by atoms with Crippen LogP contribution in [0, 0.1) is 0 Å². The van der Waals surface area contributed by atoms with E-state index in [0.717, 1.165) is 122 Å². The van der Waals surface area contributed by atoms with E-state index in [1.165, 1.54) is 32.1 Å². The molecular formula is C61H99O12P. The highest BCUT2D eigenvalue weighted by Crippen LogP contribution is 2.47. The van der Waals surface area contributed by atoms with E-state index in [0.29, 0.717) is 13.0 Å². The lowest BCUT2D eigenvalue weighted by Gasteiger charge is -2.41. The van der Waals surface area contributed by atoms with E-state index in [4.69, 9.17) is 18.5 Å². The van der Waals surface area contributed by atoms with Crippen molar-refractivity contribution in [1.29, 1.82) is 0 Å². The molecule has 1 fully saturated rings. The summed E-state index contributed by atoms with van der Waals surface area (Å²) in [5.74, 6) is -0.503. The van der Waals surface area contributed by atoms with Gasteiger partial charge in [0.1, 0.15) is 42.7 Å². The summed E-state index contributed by atoms with van der Waals surface area (Å²) >= 11 is 0. The van der Waals surface area contributed by atoms with Crippen LogP contribution in [0.4, 0.5) is 0 Å². The lowest BCUT2D eigenvalue weighted by molar-refractivity contribution is -0.220. The van der Waals surface area contributed by atoms with E-state index in [2.05, 4.69) is 148 Å². The van der Waals surface area contributed by atoms with Crippen LogP contribution in [0.25, 0.3) is 0 Å². The third-order valence-corrected chi connectivity index (χ3v) is 13.0. The van der Waals surface area contributed by atoms with Crippen LogP contribution in [0.2, 0.25) is 0 Å². The highest BCUT2D eigenvalue weighted by Gasteiger charge is 2.51. The highest BCUT2D eigenvalue weighted by molar-refractivity contribution is 7.47. The second kappa shape index (κ2) is 49.1. The number of aliphatic hydroxyl groups is 5. The molecule has 1 aliphatic carbocycles. The molecule has 12 nitrogen and oxygen atoms in total. The summed E-state index contributed by atoms with van der Waals surface area (Å²) in [7, 11) is -5.05. The number of allylic oxidation sites excluding steroid dienone is 22. The first-order valence-corrected chi connectivity index (χ1v) is 29.5. The smallest absolute Gasteiger partial charge is 0.457 e. The number of phosphoric ester groups is 1. The standard InChI is InChI=1S/C61H99O12P/c1-3-5-7-9-11-13-15-17-19-21-23-25-27-29-31-33-35-37-39-41-43-45-47-49-51-70-52-54(53-71-74(68,69)73-61-59(66)57(64)56(63)58(65)60(61)67)72-55(62)50-48-46-44-42-40-38-36-34-32-30-28-26-24-22-20-18-16-14-12-10-8-6-4-2/h5-8,11-14,17-20,23-26,29,31,35,37,41,43,54,56-61,63-67H,3-4,9-10,15-16,21-22,27-28,30,32-34,36,38-40,42,44-53H2,1-2H3,(H,68,69)/b7-5-,8-6-,13-11-,14-12-,19-17-,20-18-,25-23-,26-24-,31-29-,37-35-,43-41-. The first-order chi connectivity index (χ1) is 36.0. The van der Waals surface area contributed by atoms with Gasteiger partial charge < -0.3 is 39.9 Å². The molecule has 0 bridgehead atoms. The molecule has 0 aromatic heterocycles. The molecule has 0 aromatic carbocycles. The number of hydrogen-bond acceptors (Lipinski definition) is 11. The number of esters is 1. The van der Waals surface area contributed by atoms with Crippen molar-refractivity contribution in [3.05, 3.63) is 134 Å². The maximum absolute atomic E-state index is 12.9. The lowest BCUT2D eigenvalue weighted by Crippen LogP contribution is -2.64. The van der Waals surface area contributed by atoms with Gasteiger partial charge >= 0.3 is 13.8 Å². The number of carbonyl (C=O) groups excluding carboxylic acids is 1. The topological polar surface area (TPSA) is 192 Å². The van der Waals surface area contributed by atoms with Gasteiger partial charge in [0.2, 0.25) is 0 Å². The molecule has 74 heavy (non-hydrogen) atoms. The van der Waals surface area contributed by atoms with Gasteiger partial charge in [-0.3, -0.25) is 13.8 Å². The monoisotopic (exact) mass is 1050 g/mol. The van der Waals surface area contributed by atoms with Crippen molar-refractivity contribution >= 4 is 13.8 Å². The molecule has 1 rings (SSSR count). The van der Waals surface area contributed by atoms with E-state index in [-0.39, 0.29) is 13.0 Å². The van der Waals surface area contributed by atoms with Crippen molar-refractivity contribution in [2.45, 2.75) is 224 Å².